The molecular weight excluding hydrogens is 208 g/mol. The first-order chi connectivity index (χ1) is 7.58. The molecule has 0 bridgehead atoms. The van der Waals surface area contributed by atoms with Crippen LogP contribution in [0, 0.1) is 6.92 Å². The summed E-state index contributed by atoms with van der Waals surface area (Å²) in [5.74, 6) is 0.0960. The summed E-state index contributed by atoms with van der Waals surface area (Å²) in [6.07, 6.45) is 2.94. The van der Waals surface area contributed by atoms with Gasteiger partial charge in [-0.2, -0.15) is 0 Å². The average Bonchev–Trinajstić information content (AvgIpc) is 2.62. The Labute approximate surface area is 91.4 Å². The van der Waals surface area contributed by atoms with Crippen molar-refractivity contribution >= 4 is 11.7 Å². The van der Waals surface area contributed by atoms with Crippen LogP contribution in [0.1, 0.15) is 16.3 Å². The number of carboxylic acids is 1. The molecule has 2 aromatic rings. The fraction of sp³-hybridized carbons (Fsp3) is 0.100. The maximum absolute atomic E-state index is 10.7. The number of imidazole rings is 1. The largest absolute Gasteiger partial charge is 0.476 e. The molecule has 2 heterocycles. The van der Waals surface area contributed by atoms with Gasteiger partial charge in [0.15, 0.2) is 5.69 Å². The molecule has 6 nitrogen and oxygen atoms in total. The molecular formula is C10H10N4O2. The number of aromatic carboxylic acids is 1. The van der Waals surface area contributed by atoms with Crippen LogP contribution in [0.25, 0.3) is 5.82 Å². The maximum Gasteiger partial charge on any atom is 0.356 e. The van der Waals surface area contributed by atoms with Gasteiger partial charge < -0.3 is 10.8 Å². The van der Waals surface area contributed by atoms with Gasteiger partial charge in [0, 0.05) is 6.20 Å². The molecule has 0 aromatic carbocycles. The van der Waals surface area contributed by atoms with Gasteiger partial charge in [-0.25, -0.2) is 14.8 Å². The number of nitrogen functional groups attached to an aromatic ring is 1. The van der Waals surface area contributed by atoms with E-state index in [0.717, 1.165) is 0 Å². The molecule has 0 amide bonds. The van der Waals surface area contributed by atoms with E-state index in [9.17, 15) is 4.79 Å². The van der Waals surface area contributed by atoms with Crippen molar-refractivity contribution in [1.29, 1.82) is 0 Å². The number of hydrogen-bond donors (Lipinski definition) is 2. The Morgan fingerprint density at radius 2 is 2.25 bits per heavy atom. The molecule has 0 fully saturated rings. The van der Waals surface area contributed by atoms with Gasteiger partial charge in [-0.05, 0) is 19.1 Å². The van der Waals surface area contributed by atoms with E-state index in [1.807, 2.05) is 0 Å². The van der Waals surface area contributed by atoms with Gasteiger partial charge in [-0.3, -0.25) is 4.57 Å². The summed E-state index contributed by atoms with van der Waals surface area (Å²) in [5.41, 5.74) is 6.07. The second-order valence-corrected chi connectivity index (χ2v) is 3.30. The number of nitrogens with two attached hydrogens (primary N) is 1. The van der Waals surface area contributed by atoms with Crippen molar-refractivity contribution in [2.24, 2.45) is 0 Å². The second-order valence-electron chi connectivity index (χ2n) is 3.30. The summed E-state index contributed by atoms with van der Waals surface area (Å²) in [7, 11) is 0. The van der Waals surface area contributed by atoms with Gasteiger partial charge in [0.05, 0.1) is 11.9 Å². The normalized spacial score (nSPS) is 10.3. The Kier molecular flexibility index (Phi) is 2.32. The standard InChI is InChI=1S/C10H10N4O2/c1-6-13-8(10(15)16)5-14(6)9-3-2-7(11)4-12-9/h2-5H,11H2,1H3,(H,15,16). The molecule has 2 rings (SSSR count). The number of aryl methyl sites for hydroxylation is 1. The Hall–Kier alpha value is -2.37. The first-order valence-electron chi connectivity index (χ1n) is 4.59. The number of aromatic nitrogens is 3. The number of rotatable bonds is 2. The van der Waals surface area contributed by atoms with Crippen molar-refractivity contribution in [3.05, 3.63) is 36.0 Å². The summed E-state index contributed by atoms with van der Waals surface area (Å²) < 4.78 is 1.60. The molecule has 3 N–H and O–H groups in total. The lowest BCUT2D eigenvalue weighted by Crippen LogP contribution is -1.99. The predicted molar refractivity (Wildman–Crippen MR) is 57.5 cm³/mol. The van der Waals surface area contributed by atoms with Crippen molar-refractivity contribution in [2.45, 2.75) is 6.92 Å². The van der Waals surface area contributed by atoms with Crippen LogP contribution in [-0.2, 0) is 0 Å². The lowest BCUT2D eigenvalue weighted by molar-refractivity contribution is 0.0691. The molecule has 0 spiro atoms. The Morgan fingerprint density at radius 3 is 2.75 bits per heavy atom. The lowest BCUT2D eigenvalue weighted by atomic mass is 10.4. The number of pyridine rings is 1. The van der Waals surface area contributed by atoms with Gasteiger partial charge in [0.2, 0.25) is 0 Å². The summed E-state index contributed by atoms with van der Waals surface area (Å²) in [6.45, 7) is 1.71. The maximum atomic E-state index is 10.7. The fourth-order valence-electron chi connectivity index (χ4n) is 1.35. The highest BCUT2D eigenvalue weighted by atomic mass is 16.4. The molecule has 16 heavy (non-hydrogen) atoms. The molecule has 2 aromatic heterocycles. The zero-order valence-corrected chi connectivity index (χ0v) is 8.58. The van der Waals surface area contributed by atoms with Crippen molar-refractivity contribution in [1.82, 2.24) is 14.5 Å². The van der Waals surface area contributed by atoms with Crippen LogP contribution >= 0.6 is 0 Å². The third-order valence-electron chi connectivity index (χ3n) is 2.12. The minimum absolute atomic E-state index is 0.00359. The van der Waals surface area contributed by atoms with Crippen molar-refractivity contribution < 1.29 is 9.90 Å². The predicted octanol–water partition coefficient (Wildman–Crippen LogP) is 0.856. The topological polar surface area (TPSA) is 94.0 Å². The first kappa shape index (κ1) is 10.2. The number of carbonyl (C=O) groups is 1. The highest BCUT2D eigenvalue weighted by molar-refractivity contribution is 5.85. The zero-order chi connectivity index (χ0) is 11.7. The third kappa shape index (κ3) is 1.72. The van der Waals surface area contributed by atoms with E-state index in [4.69, 9.17) is 10.8 Å². The molecule has 82 valence electrons. The number of nitrogens with zero attached hydrogens (tertiary/aromatic N) is 3. The lowest BCUT2D eigenvalue weighted by Gasteiger charge is -2.02. The molecule has 0 saturated heterocycles. The molecule has 0 radical (unpaired) electrons. The summed E-state index contributed by atoms with van der Waals surface area (Å²) >= 11 is 0. The minimum atomic E-state index is -1.06. The quantitative estimate of drug-likeness (QED) is 0.779. The van der Waals surface area contributed by atoms with Crippen LogP contribution in [0.4, 0.5) is 5.69 Å². The van der Waals surface area contributed by atoms with Crippen LogP contribution in [0.2, 0.25) is 0 Å². The number of anilines is 1. The first-order valence-corrected chi connectivity index (χ1v) is 4.59. The van der Waals surface area contributed by atoms with E-state index in [1.165, 1.54) is 12.4 Å². The smallest absolute Gasteiger partial charge is 0.356 e. The van der Waals surface area contributed by atoms with E-state index < -0.39 is 5.97 Å². The van der Waals surface area contributed by atoms with Gasteiger partial charge in [-0.1, -0.05) is 0 Å². The van der Waals surface area contributed by atoms with Gasteiger partial charge in [-0.15, -0.1) is 0 Å². The Bertz CT molecular complexity index is 530. The number of hydrogen-bond acceptors (Lipinski definition) is 4. The highest BCUT2D eigenvalue weighted by Gasteiger charge is 2.11. The van der Waals surface area contributed by atoms with Crippen LogP contribution in [0.15, 0.2) is 24.5 Å². The van der Waals surface area contributed by atoms with Gasteiger partial charge in [0.25, 0.3) is 0 Å². The fourth-order valence-corrected chi connectivity index (χ4v) is 1.35. The van der Waals surface area contributed by atoms with Gasteiger partial charge >= 0.3 is 5.97 Å². The molecule has 0 atom stereocenters. The molecule has 0 aliphatic carbocycles. The number of carboxylic acid groups (broad SMARTS) is 1. The summed E-state index contributed by atoms with van der Waals surface area (Å²) in [5, 5.41) is 8.80. The molecule has 0 aliphatic rings. The Morgan fingerprint density at radius 1 is 1.50 bits per heavy atom. The molecule has 6 heteroatoms. The van der Waals surface area contributed by atoms with E-state index in [0.29, 0.717) is 17.3 Å². The van der Waals surface area contributed by atoms with E-state index in [2.05, 4.69) is 9.97 Å². The summed E-state index contributed by atoms with van der Waals surface area (Å²) in [6, 6.07) is 3.40. The SMILES string of the molecule is Cc1nc(C(=O)O)cn1-c1ccc(N)cn1. The van der Waals surface area contributed by atoms with Crippen molar-refractivity contribution in [3.8, 4) is 5.82 Å². The molecule has 0 saturated carbocycles. The second kappa shape index (κ2) is 3.65. The average molecular weight is 218 g/mol. The zero-order valence-electron chi connectivity index (χ0n) is 8.58. The third-order valence-corrected chi connectivity index (χ3v) is 2.12. The van der Waals surface area contributed by atoms with Crippen molar-refractivity contribution in [3.63, 3.8) is 0 Å². The van der Waals surface area contributed by atoms with Crippen LogP contribution in [0.3, 0.4) is 0 Å². The molecule has 0 unspecified atom stereocenters. The van der Waals surface area contributed by atoms with Crippen LogP contribution in [-0.4, -0.2) is 25.6 Å². The van der Waals surface area contributed by atoms with E-state index in [-0.39, 0.29) is 5.69 Å². The highest BCUT2D eigenvalue weighted by Crippen LogP contribution is 2.11. The minimum Gasteiger partial charge on any atom is -0.476 e. The van der Waals surface area contributed by atoms with Gasteiger partial charge in [0.1, 0.15) is 11.6 Å². The van der Waals surface area contributed by atoms with Crippen LogP contribution in [0.5, 0.6) is 0 Å². The van der Waals surface area contributed by atoms with Crippen molar-refractivity contribution in [2.75, 3.05) is 5.73 Å². The van der Waals surface area contributed by atoms with E-state index >= 15 is 0 Å². The Balaban J connectivity index is 2.47. The van der Waals surface area contributed by atoms with Crippen LogP contribution < -0.4 is 5.73 Å². The monoisotopic (exact) mass is 218 g/mol. The van der Waals surface area contributed by atoms with E-state index in [1.54, 1.807) is 23.6 Å². The summed E-state index contributed by atoms with van der Waals surface area (Å²) in [4.78, 5) is 18.7. The molecule has 0 aliphatic heterocycles.